The summed E-state index contributed by atoms with van der Waals surface area (Å²) in [4.78, 5) is 4.85. The van der Waals surface area contributed by atoms with Crippen molar-refractivity contribution < 1.29 is 27.1 Å². The number of hydrogen-bond donors (Lipinski definition) is 0. The summed E-state index contributed by atoms with van der Waals surface area (Å²) in [7, 11) is 1.41. The highest BCUT2D eigenvalue weighted by Crippen LogP contribution is 2.46. The number of ether oxygens (including phenoxy) is 3. The van der Waals surface area contributed by atoms with Crippen LogP contribution < -0.4 is 14.0 Å². The Bertz CT molecular complexity index is 1610. The zero-order chi connectivity index (χ0) is 30.4. The molecule has 42 heavy (non-hydrogen) atoms. The van der Waals surface area contributed by atoms with Crippen molar-refractivity contribution in [2.75, 3.05) is 20.8 Å². The third kappa shape index (κ3) is 5.85. The summed E-state index contributed by atoms with van der Waals surface area (Å²) in [5.41, 5.74) is 3.64. The lowest BCUT2D eigenvalue weighted by Crippen LogP contribution is -2.13. The molecule has 3 aromatic carbocycles. The largest absolute Gasteiger partial charge is 0.497 e. The van der Waals surface area contributed by atoms with Gasteiger partial charge < -0.3 is 27.1 Å². The Balaban J connectivity index is 1.84. The van der Waals surface area contributed by atoms with E-state index in [-0.39, 0.29) is 16.9 Å². The Morgan fingerprint density at radius 3 is 1.79 bits per heavy atom. The van der Waals surface area contributed by atoms with E-state index >= 15 is 0 Å². The maximum atomic E-state index is 6.76. The summed E-state index contributed by atoms with van der Waals surface area (Å²) < 4.78 is 37.7. The van der Waals surface area contributed by atoms with Crippen LogP contribution in [-0.4, -0.2) is 32.8 Å². The van der Waals surface area contributed by atoms with Gasteiger partial charge in [-0.1, -0.05) is 67.5 Å². The molecule has 7 nitrogen and oxygen atoms in total. The molecule has 0 spiro atoms. The summed E-state index contributed by atoms with van der Waals surface area (Å²) in [6.45, 7) is 17.8. The second-order valence-corrected chi connectivity index (χ2v) is 14.1. The minimum Gasteiger partial charge on any atom is -0.497 e. The van der Waals surface area contributed by atoms with Crippen molar-refractivity contribution in [2.24, 2.45) is 10.9 Å². The molecule has 0 radical (unpaired) electrons. The fourth-order valence-electron chi connectivity index (χ4n) is 5.04. The topological polar surface area (TPSA) is 75.6 Å². The van der Waals surface area contributed by atoms with Crippen molar-refractivity contribution in [1.29, 1.82) is 0 Å². The number of nitrogens with zero attached hydrogens (tertiary/aromatic N) is 1. The quantitative estimate of drug-likeness (QED) is 0.222. The fraction of sp³-hybridized carbons (Fsp3) is 0.441. The van der Waals surface area contributed by atoms with E-state index in [0.29, 0.717) is 35.3 Å². The Labute approximate surface area is 249 Å². The van der Waals surface area contributed by atoms with E-state index in [1.54, 1.807) is 14.2 Å². The van der Waals surface area contributed by atoms with E-state index in [1.165, 1.54) is 0 Å². The normalized spacial score (nSPS) is 15.6. The molecule has 0 saturated heterocycles. The maximum absolute atomic E-state index is 6.76. The van der Waals surface area contributed by atoms with Gasteiger partial charge in [-0.25, -0.2) is 4.99 Å². The molecule has 8 heteroatoms. The minimum atomic E-state index is -1.95. The molecule has 0 amide bonds. The predicted octanol–water partition coefficient (Wildman–Crippen LogP) is 9.55. The van der Waals surface area contributed by atoms with Gasteiger partial charge in [0.15, 0.2) is 0 Å². The second kappa shape index (κ2) is 11.3. The lowest BCUT2D eigenvalue weighted by atomic mass is 9.84. The summed E-state index contributed by atoms with van der Waals surface area (Å²) in [6, 6.07) is 15.9. The highest BCUT2D eigenvalue weighted by atomic mass is 31.1. The molecular weight excluding hydrogens is 549 g/mol. The Morgan fingerprint density at radius 1 is 0.810 bits per heavy atom. The molecule has 0 saturated carbocycles. The van der Waals surface area contributed by atoms with Crippen LogP contribution in [0.3, 0.4) is 0 Å². The molecule has 1 aliphatic heterocycles. The first-order valence-electron chi connectivity index (χ1n) is 14.4. The average molecular weight is 592 g/mol. The van der Waals surface area contributed by atoms with Crippen LogP contribution in [0.1, 0.15) is 72.1 Å². The van der Waals surface area contributed by atoms with E-state index in [1.807, 2.05) is 48.5 Å². The van der Waals surface area contributed by atoms with Gasteiger partial charge in [0.05, 0.1) is 25.8 Å². The first kappa shape index (κ1) is 29.9. The summed E-state index contributed by atoms with van der Waals surface area (Å²) >= 11 is 0. The standard InChI is InChI=1S/C34H42NO6P/c1-20(2)28-19-38-32(35-28)23-13-11-12-14-29(23)39-42-40-30-24(15-21(36-9)17-26(30)33(3,4)5)25-16-22(37-10)18-27(31(25)41-42)34(6,7)8/h11-18,20,28H,19H2,1-10H3/t28-/m1/s1. The molecule has 1 aliphatic rings. The Kier molecular flexibility index (Phi) is 8.02. The Hall–Kier alpha value is -3.57. The van der Waals surface area contributed by atoms with Crippen LogP contribution in [0.25, 0.3) is 21.9 Å². The van der Waals surface area contributed by atoms with Crippen LogP contribution in [0.15, 0.2) is 61.9 Å². The number of para-hydroxylation sites is 1. The van der Waals surface area contributed by atoms with Crippen molar-refractivity contribution in [3.63, 3.8) is 0 Å². The Morgan fingerprint density at radius 2 is 1.33 bits per heavy atom. The number of hydrogen-bond acceptors (Lipinski definition) is 7. The van der Waals surface area contributed by atoms with E-state index in [2.05, 4.69) is 55.4 Å². The first-order chi connectivity index (χ1) is 19.8. The number of fused-ring (bicyclic) bond motifs is 3. The number of rotatable bonds is 6. The molecule has 0 N–H and O–H groups in total. The van der Waals surface area contributed by atoms with Crippen molar-refractivity contribution in [1.82, 2.24) is 0 Å². The molecule has 5 rings (SSSR count). The predicted molar refractivity (Wildman–Crippen MR) is 170 cm³/mol. The van der Waals surface area contributed by atoms with Crippen LogP contribution in [0.2, 0.25) is 0 Å². The van der Waals surface area contributed by atoms with E-state index in [9.17, 15) is 0 Å². The molecule has 1 atom stereocenters. The smallest absolute Gasteiger partial charge is 0.453 e. The first-order valence-corrected chi connectivity index (χ1v) is 15.5. The number of benzene rings is 3. The van der Waals surface area contributed by atoms with Gasteiger partial charge >= 0.3 is 8.24 Å². The van der Waals surface area contributed by atoms with Crippen LogP contribution in [0, 0.1) is 5.92 Å². The van der Waals surface area contributed by atoms with Gasteiger partial charge in [-0.2, -0.15) is 0 Å². The second-order valence-electron chi connectivity index (χ2n) is 13.2. The monoisotopic (exact) mass is 591 g/mol. The van der Waals surface area contributed by atoms with Crippen molar-refractivity contribution in [2.45, 2.75) is 72.3 Å². The van der Waals surface area contributed by atoms with E-state index in [4.69, 9.17) is 32.1 Å². The third-order valence-electron chi connectivity index (χ3n) is 7.57. The van der Waals surface area contributed by atoms with Crippen LogP contribution in [0.5, 0.6) is 17.2 Å². The number of aliphatic imine (C=N–C) groups is 1. The van der Waals surface area contributed by atoms with Crippen LogP contribution >= 0.6 is 8.24 Å². The van der Waals surface area contributed by atoms with Gasteiger partial charge in [-0.05, 0) is 53.1 Å². The molecule has 0 aliphatic carbocycles. The van der Waals surface area contributed by atoms with Gasteiger partial charge in [0, 0.05) is 21.9 Å². The van der Waals surface area contributed by atoms with Gasteiger partial charge in [-0.3, -0.25) is 0 Å². The van der Waals surface area contributed by atoms with Gasteiger partial charge in [0.25, 0.3) is 0 Å². The van der Waals surface area contributed by atoms with E-state index < -0.39 is 8.24 Å². The fourth-order valence-corrected chi connectivity index (χ4v) is 6.16. The van der Waals surface area contributed by atoms with Crippen molar-refractivity contribution in [3.8, 4) is 17.2 Å². The molecule has 4 aromatic rings. The zero-order valence-electron chi connectivity index (χ0n) is 26.3. The SMILES string of the molecule is COc1cc(C(C)(C)C)c2op(Oc3ccccc3C3=N[C@@H](C(C)C)CO3)oc3c(C(C)(C)C)cc(OC)cc3c2c1. The summed E-state index contributed by atoms with van der Waals surface area (Å²) in [5.74, 6) is 3.02. The van der Waals surface area contributed by atoms with Crippen molar-refractivity contribution >= 4 is 36.1 Å². The highest BCUT2D eigenvalue weighted by Gasteiger charge is 2.28. The molecule has 224 valence electrons. The summed E-state index contributed by atoms with van der Waals surface area (Å²) in [5, 5.41) is 1.73. The average Bonchev–Trinajstić information content (AvgIpc) is 3.37. The maximum Gasteiger partial charge on any atom is 0.453 e. The zero-order valence-corrected chi connectivity index (χ0v) is 27.2. The molecule has 2 heterocycles. The molecule has 0 unspecified atom stereocenters. The minimum absolute atomic E-state index is 0.108. The van der Waals surface area contributed by atoms with Crippen LogP contribution in [-0.2, 0) is 15.6 Å². The van der Waals surface area contributed by atoms with Crippen LogP contribution in [0.4, 0.5) is 0 Å². The highest BCUT2D eigenvalue weighted by molar-refractivity contribution is 7.32. The molecule has 1 aromatic heterocycles. The molecule has 0 bridgehead atoms. The van der Waals surface area contributed by atoms with Gasteiger partial charge in [0.2, 0.25) is 5.90 Å². The summed E-state index contributed by atoms with van der Waals surface area (Å²) in [6.07, 6.45) is 0. The lowest BCUT2D eigenvalue weighted by molar-refractivity contribution is 0.291. The van der Waals surface area contributed by atoms with Gasteiger partial charge in [-0.15, -0.1) is 0 Å². The van der Waals surface area contributed by atoms with Gasteiger partial charge in [0.1, 0.15) is 35.0 Å². The number of methoxy groups -OCH3 is 2. The molecule has 0 fully saturated rings. The lowest BCUT2D eigenvalue weighted by Gasteiger charge is -2.21. The third-order valence-corrected chi connectivity index (χ3v) is 8.58. The van der Waals surface area contributed by atoms with Crippen molar-refractivity contribution in [3.05, 3.63) is 65.2 Å². The van der Waals surface area contributed by atoms with E-state index in [0.717, 1.165) is 39.0 Å². The molecular formula is C34H42NO6P.